The molecular weight excluding hydrogens is 269 g/mol. The van der Waals surface area contributed by atoms with Crippen molar-refractivity contribution >= 4 is 17.6 Å². The molecule has 3 nitrogen and oxygen atoms in total. The quantitative estimate of drug-likeness (QED) is 0.925. The van der Waals surface area contributed by atoms with Crippen LogP contribution in [0.25, 0.3) is 0 Å². The van der Waals surface area contributed by atoms with Crippen molar-refractivity contribution in [3.05, 3.63) is 34.6 Å². The number of nitrogens with zero attached hydrogens (tertiary/aromatic N) is 1. The topological polar surface area (TPSA) is 40.5 Å². The van der Waals surface area contributed by atoms with Crippen molar-refractivity contribution in [1.82, 2.24) is 4.90 Å². The number of rotatable bonds is 4. The van der Waals surface area contributed by atoms with Crippen LogP contribution >= 0.6 is 11.6 Å². The number of carboxylic acid groups (broad SMARTS) is 1. The molecule has 0 bridgehead atoms. The van der Waals surface area contributed by atoms with E-state index in [4.69, 9.17) is 16.7 Å². The van der Waals surface area contributed by atoms with Gasteiger partial charge in [-0.1, -0.05) is 17.7 Å². The van der Waals surface area contributed by atoms with E-state index in [9.17, 15) is 9.18 Å². The fraction of sp³-hybridized carbons (Fsp3) is 0.500. The van der Waals surface area contributed by atoms with Crippen molar-refractivity contribution in [2.24, 2.45) is 5.41 Å². The second-order valence-electron chi connectivity index (χ2n) is 5.34. The summed E-state index contributed by atoms with van der Waals surface area (Å²) in [4.78, 5) is 13.2. The van der Waals surface area contributed by atoms with E-state index in [0.717, 1.165) is 6.54 Å². The highest BCUT2D eigenvalue weighted by Gasteiger charge is 2.40. The summed E-state index contributed by atoms with van der Waals surface area (Å²) in [5, 5.41) is 9.59. The molecule has 1 aliphatic rings. The Balaban J connectivity index is 1.96. The Morgan fingerprint density at radius 3 is 2.89 bits per heavy atom. The van der Waals surface area contributed by atoms with Gasteiger partial charge >= 0.3 is 5.97 Å². The third-order valence-corrected chi connectivity index (χ3v) is 4.16. The van der Waals surface area contributed by atoms with Crippen LogP contribution in [-0.2, 0) is 11.2 Å². The molecule has 1 aromatic carbocycles. The number of carbonyl (C=O) groups is 1. The van der Waals surface area contributed by atoms with Crippen molar-refractivity contribution in [3.8, 4) is 0 Å². The summed E-state index contributed by atoms with van der Waals surface area (Å²) in [6.45, 7) is 3.62. The average molecular weight is 286 g/mol. The maximum Gasteiger partial charge on any atom is 0.310 e. The highest BCUT2D eigenvalue weighted by Crippen LogP contribution is 2.30. The maximum atomic E-state index is 13.6. The van der Waals surface area contributed by atoms with Gasteiger partial charge in [-0.15, -0.1) is 0 Å². The van der Waals surface area contributed by atoms with Crippen LogP contribution in [0.2, 0.25) is 5.02 Å². The van der Waals surface area contributed by atoms with Gasteiger partial charge in [0.25, 0.3) is 0 Å². The van der Waals surface area contributed by atoms with E-state index in [1.807, 2.05) is 0 Å². The Bertz CT molecular complexity index is 474. The standard InChI is InChI=1S/C14H17ClFNO2/c1-14(13(18)19)6-8-17(9-14)7-5-10-11(15)3-2-4-12(10)16/h2-4H,5-9H2,1H3,(H,18,19). The van der Waals surface area contributed by atoms with Gasteiger partial charge in [0, 0.05) is 23.7 Å². The van der Waals surface area contributed by atoms with Gasteiger partial charge in [0.05, 0.1) is 5.41 Å². The summed E-state index contributed by atoms with van der Waals surface area (Å²) in [5.41, 5.74) is -0.174. The smallest absolute Gasteiger partial charge is 0.310 e. The first-order valence-electron chi connectivity index (χ1n) is 6.31. The van der Waals surface area contributed by atoms with Crippen LogP contribution in [0, 0.1) is 11.2 Å². The molecular formula is C14H17ClFNO2. The van der Waals surface area contributed by atoms with Gasteiger partial charge in [-0.2, -0.15) is 0 Å². The second-order valence-corrected chi connectivity index (χ2v) is 5.75. The molecule has 104 valence electrons. The van der Waals surface area contributed by atoms with Gasteiger partial charge in [0.1, 0.15) is 5.82 Å². The predicted octanol–water partition coefficient (Wildman–Crippen LogP) is 2.82. The molecule has 1 heterocycles. The van der Waals surface area contributed by atoms with Gasteiger partial charge in [0.15, 0.2) is 0 Å². The number of halogens is 2. The molecule has 2 rings (SSSR count). The normalized spacial score (nSPS) is 23.7. The molecule has 5 heteroatoms. The molecule has 0 radical (unpaired) electrons. The second kappa shape index (κ2) is 5.47. The highest BCUT2D eigenvalue weighted by molar-refractivity contribution is 6.31. The molecule has 1 saturated heterocycles. The van der Waals surface area contributed by atoms with Crippen LogP contribution in [0.4, 0.5) is 4.39 Å². The molecule has 1 N–H and O–H groups in total. The zero-order valence-electron chi connectivity index (χ0n) is 10.8. The summed E-state index contributed by atoms with van der Waals surface area (Å²) >= 11 is 5.97. The van der Waals surface area contributed by atoms with E-state index in [2.05, 4.69) is 4.90 Å². The van der Waals surface area contributed by atoms with Crippen LogP contribution in [0.3, 0.4) is 0 Å². The molecule has 1 aliphatic heterocycles. The van der Waals surface area contributed by atoms with Crippen molar-refractivity contribution in [2.45, 2.75) is 19.8 Å². The third-order valence-electron chi connectivity index (χ3n) is 3.81. The van der Waals surface area contributed by atoms with Gasteiger partial charge in [-0.25, -0.2) is 4.39 Å². The minimum Gasteiger partial charge on any atom is -0.481 e. The average Bonchev–Trinajstić information content (AvgIpc) is 2.72. The highest BCUT2D eigenvalue weighted by atomic mass is 35.5. The summed E-state index contributed by atoms with van der Waals surface area (Å²) in [5.74, 6) is -1.06. The molecule has 1 atom stereocenters. The maximum absolute atomic E-state index is 13.6. The lowest BCUT2D eigenvalue weighted by molar-refractivity contribution is -0.147. The van der Waals surface area contributed by atoms with Gasteiger partial charge in [-0.05, 0) is 38.4 Å². The van der Waals surface area contributed by atoms with Crippen molar-refractivity contribution in [3.63, 3.8) is 0 Å². The fourth-order valence-corrected chi connectivity index (χ4v) is 2.72. The molecule has 0 aromatic heterocycles. The monoisotopic (exact) mass is 285 g/mol. The summed E-state index contributed by atoms with van der Waals surface area (Å²) in [6.07, 6.45) is 1.13. The summed E-state index contributed by atoms with van der Waals surface area (Å²) in [7, 11) is 0. The lowest BCUT2D eigenvalue weighted by atomic mass is 9.90. The van der Waals surface area contributed by atoms with Crippen molar-refractivity contribution in [2.75, 3.05) is 19.6 Å². The van der Waals surface area contributed by atoms with E-state index in [1.54, 1.807) is 19.1 Å². The van der Waals surface area contributed by atoms with Crippen LogP contribution in [0.15, 0.2) is 18.2 Å². The Labute approximate surface area is 117 Å². The molecule has 1 fully saturated rings. The lowest BCUT2D eigenvalue weighted by Gasteiger charge is -2.20. The van der Waals surface area contributed by atoms with E-state index in [1.165, 1.54) is 6.07 Å². The molecule has 0 saturated carbocycles. The number of carboxylic acids is 1. The summed E-state index contributed by atoms with van der Waals surface area (Å²) < 4.78 is 13.6. The Morgan fingerprint density at radius 1 is 1.58 bits per heavy atom. The van der Waals surface area contributed by atoms with E-state index in [-0.39, 0.29) is 5.82 Å². The lowest BCUT2D eigenvalue weighted by Crippen LogP contribution is -2.32. The minimum absolute atomic E-state index is 0.298. The zero-order valence-corrected chi connectivity index (χ0v) is 11.6. The number of benzene rings is 1. The fourth-order valence-electron chi connectivity index (χ4n) is 2.46. The van der Waals surface area contributed by atoms with E-state index >= 15 is 0 Å². The van der Waals surface area contributed by atoms with Crippen molar-refractivity contribution < 1.29 is 14.3 Å². The van der Waals surface area contributed by atoms with E-state index in [0.29, 0.717) is 36.5 Å². The first kappa shape index (κ1) is 14.3. The first-order chi connectivity index (χ1) is 8.92. The Morgan fingerprint density at radius 2 is 2.32 bits per heavy atom. The molecule has 19 heavy (non-hydrogen) atoms. The largest absolute Gasteiger partial charge is 0.481 e. The summed E-state index contributed by atoms with van der Waals surface area (Å²) in [6, 6.07) is 4.65. The molecule has 1 aromatic rings. The predicted molar refractivity (Wildman–Crippen MR) is 71.9 cm³/mol. The van der Waals surface area contributed by atoms with Gasteiger partial charge < -0.3 is 10.0 Å². The first-order valence-corrected chi connectivity index (χ1v) is 6.69. The molecule has 1 unspecified atom stereocenters. The van der Waals surface area contributed by atoms with Crippen LogP contribution in [-0.4, -0.2) is 35.6 Å². The Kier molecular flexibility index (Phi) is 4.11. The number of hydrogen-bond donors (Lipinski definition) is 1. The van der Waals surface area contributed by atoms with Crippen LogP contribution in [0.1, 0.15) is 18.9 Å². The number of aliphatic carboxylic acids is 1. The van der Waals surface area contributed by atoms with Crippen LogP contribution < -0.4 is 0 Å². The SMILES string of the molecule is CC1(C(=O)O)CCN(CCc2c(F)cccc2Cl)C1. The third kappa shape index (κ3) is 3.07. The molecule has 0 aliphatic carbocycles. The number of hydrogen-bond acceptors (Lipinski definition) is 2. The van der Waals surface area contributed by atoms with Crippen LogP contribution in [0.5, 0.6) is 0 Å². The minimum atomic E-state index is -0.765. The Hall–Kier alpha value is -1.13. The van der Waals surface area contributed by atoms with Crippen molar-refractivity contribution in [1.29, 1.82) is 0 Å². The zero-order chi connectivity index (χ0) is 14.0. The molecule has 0 amide bonds. The van der Waals surface area contributed by atoms with Gasteiger partial charge in [-0.3, -0.25) is 4.79 Å². The number of likely N-dealkylation sites (tertiary alicyclic amines) is 1. The van der Waals surface area contributed by atoms with Gasteiger partial charge in [0.2, 0.25) is 0 Å². The molecule has 0 spiro atoms. The van der Waals surface area contributed by atoms with E-state index < -0.39 is 11.4 Å².